The third-order valence-corrected chi connectivity index (χ3v) is 2.54. The first-order valence-corrected chi connectivity index (χ1v) is 6.02. The van der Waals surface area contributed by atoms with Crippen LogP contribution in [-0.4, -0.2) is 39.7 Å². The summed E-state index contributed by atoms with van der Waals surface area (Å²) < 4.78 is 5.48. The molecule has 1 aromatic rings. The average Bonchev–Trinajstić information content (AvgIpc) is 2.35. The molecule has 0 saturated heterocycles. The number of aromatic nitrogens is 1. The summed E-state index contributed by atoms with van der Waals surface area (Å²) in [5.41, 5.74) is -1.39. The van der Waals surface area contributed by atoms with E-state index in [-0.39, 0.29) is 5.82 Å². The number of hydrogen-bond acceptors (Lipinski definition) is 6. The van der Waals surface area contributed by atoms with Crippen molar-refractivity contribution >= 4 is 17.5 Å². The van der Waals surface area contributed by atoms with Crippen molar-refractivity contribution in [3.05, 3.63) is 27.9 Å². The van der Waals surface area contributed by atoms with Crippen LogP contribution in [0, 0.1) is 10.1 Å². The molecule has 20 heavy (non-hydrogen) atoms. The van der Waals surface area contributed by atoms with Crippen LogP contribution in [0.3, 0.4) is 0 Å². The summed E-state index contributed by atoms with van der Waals surface area (Å²) in [4.78, 5) is 24.8. The third-order valence-electron chi connectivity index (χ3n) is 2.54. The van der Waals surface area contributed by atoms with Gasteiger partial charge in [0, 0.05) is 19.2 Å². The maximum Gasteiger partial charge on any atom is 0.342 e. The fraction of sp³-hybridized carbons (Fsp3) is 0.500. The normalized spacial score (nSPS) is 11.2. The average molecular weight is 283 g/mol. The van der Waals surface area contributed by atoms with E-state index in [1.54, 1.807) is 0 Å². The number of nitrogens with one attached hydrogen (secondary N) is 1. The fourth-order valence-corrected chi connectivity index (χ4v) is 1.61. The van der Waals surface area contributed by atoms with E-state index in [1.807, 2.05) is 20.8 Å². The molecule has 0 bridgehead atoms. The number of rotatable bonds is 7. The Morgan fingerprint density at radius 2 is 2.25 bits per heavy atom. The van der Waals surface area contributed by atoms with Gasteiger partial charge in [0.05, 0.1) is 10.5 Å². The summed E-state index contributed by atoms with van der Waals surface area (Å²) >= 11 is 0. The molecule has 2 N–H and O–H groups in total. The minimum atomic E-state index is -1.37. The molecule has 0 unspecified atom stereocenters. The van der Waals surface area contributed by atoms with E-state index in [1.165, 1.54) is 0 Å². The van der Waals surface area contributed by atoms with E-state index in [0.717, 1.165) is 12.3 Å². The summed E-state index contributed by atoms with van der Waals surface area (Å²) in [6.07, 6.45) is 0.930. The van der Waals surface area contributed by atoms with E-state index in [2.05, 4.69) is 10.3 Å². The number of aromatic carboxylic acids is 1. The number of ether oxygens (including phenoxy) is 1. The molecule has 0 saturated carbocycles. The van der Waals surface area contributed by atoms with Gasteiger partial charge in [-0.25, -0.2) is 9.78 Å². The number of pyridine rings is 1. The summed E-state index contributed by atoms with van der Waals surface area (Å²) in [6, 6.07) is 1.14. The molecule has 110 valence electrons. The van der Waals surface area contributed by atoms with Crippen LogP contribution < -0.4 is 5.32 Å². The second-order valence-corrected chi connectivity index (χ2v) is 4.70. The molecule has 0 aliphatic carbocycles. The Labute approximate surface area is 115 Å². The van der Waals surface area contributed by atoms with Crippen molar-refractivity contribution in [2.24, 2.45) is 0 Å². The summed E-state index contributed by atoms with van der Waals surface area (Å²) in [5, 5.41) is 22.6. The van der Waals surface area contributed by atoms with Crippen LogP contribution >= 0.6 is 0 Å². The maximum absolute atomic E-state index is 11.0. The number of nitro groups is 1. The first-order chi connectivity index (χ1) is 9.26. The summed E-state index contributed by atoms with van der Waals surface area (Å²) in [6.45, 7) is 6.54. The molecule has 0 amide bonds. The second-order valence-electron chi connectivity index (χ2n) is 4.70. The monoisotopic (exact) mass is 283 g/mol. The lowest BCUT2D eigenvalue weighted by atomic mass is 10.1. The predicted octanol–water partition coefficient (Wildman–Crippen LogP) is 1.91. The zero-order valence-electron chi connectivity index (χ0n) is 11.5. The Balaban J connectivity index is 2.91. The molecule has 0 fully saturated rings. The van der Waals surface area contributed by atoms with Gasteiger partial charge in [-0.1, -0.05) is 0 Å². The molecule has 0 spiro atoms. The first kappa shape index (κ1) is 15.8. The largest absolute Gasteiger partial charge is 0.477 e. The van der Waals surface area contributed by atoms with Crippen molar-refractivity contribution in [3.63, 3.8) is 0 Å². The molecule has 0 atom stereocenters. The van der Waals surface area contributed by atoms with Crippen molar-refractivity contribution in [2.45, 2.75) is 26.4 Å². The highest BCUT2D eigenvalue weighted by molar-refractivity contribution is 5.93. The van der Waals surface area contributed by atoms with Crippen LogP contribution in [0.2, 0.25) is 0 Å². The van der Waals surface area contributed by atoms with Gasteiger partial charge in [-0.05, 0) is 20.8 Å². The zero-order valence-corrected chi connectivity index (χ0v) is 11.5. The molecular weight excluding hydrogens is 266 g/mol. The van der Waals surface area contributed by atoms with Crippen LogP contribution in [-0.2, 0) is 4.74 Å². The van der Waals surface area contributed by atoms with E-state index in [9.17, 15) is 14.9 Å². The lowest BCUT2D eigenvalue weighted by molar-refractivity contribution is -0.385. The molecule has 1 rings (SSSR count). The van der Waals surface area contributed by atoms with Gasteiger partial charge in [0.15, 0.2) is 0 Å². The Morgan fingerprint density at radius 1 is 1.60 bits per heavy atom. The molecule has 0 aliphatic rings. The molecule has 1 aromatic heterocycles. The Morgan fingerprint density at radius 3 is 2.75 bits per heavy atom. The number of carbonyl (C=O) groups is 1. The van der Waals surface area contributed by atoms with E-state index < -0.39 is 27.7 Å². The summed E-state index contributed by atoms with van der Waals surface area (Å²) in [7, 11) is 0. The minimum absolute atomic E-state index is 0.251. The van der Waals surface area contributed by atoms with Crippen LogP contribution in [0.25, 0.3) is 0 Å². The molecule has 0 aromatic carbocycles. The molecule has 1 heterocycles. The quantitative estimate of drug-likeness (QED) is 0.580. The van der Waals surface area contributed by atoms with Gasteiger partial charge < -0.3 is 15.2 Å². The highest BCUT2D eigenvalue weighted by atomic mass is 16.6. The number of carboxylic acid groups (broad SMARTS) is 1. The highest BCUT2D eigenvalue weighted by Crippen LogP contribution is 2.21. The molecule has 0 radical (unpaired) electrons. The van der Waals surface area contributed by atoms with Crippen molar-refractivity contribution < 1.29 is 19.6 Å². The van der Waals surface area contributed by atoms with E-state index in [0.29, 0.717) is 13.2 Å². The molecule has 8 heteroatoms. The molecule has 0 aliphatic heterocycles. The van der Waals surface area contributed by atoms with Crippen molar-refractivity contribution in [3.8, 4) is 0 Å². The van der Waals surface area contributed by atoms with Crippen LogP contribution in [0.15, 0.2) is 12.3 Å². The lowest BCUT2D eigenvalue weighted by Crippen LogP contribution is -2.33. The highest BCUT2D eigenvalue weighted by Gasteiger charge is 2.22. The Hall–Kier alpha value is -2.22. The summed E-state index contributed by atoms with van der Waals surface area (Å²) in [5.74, 6) is -1.12. The van der Waals surface area contributed by atoms with Gasteiger partial charge in [-0.2, -0.15) is 0 Å². The minimum Gasteiger partial charge on any atom is -0.477 e. The van der Waals surface area contributed by atoms with Crippen LogP contribution in [0.5, 0.6) is 0 Å². The van der Waals surface area contributed by atoms with Gasteiger partial charge in [0.2, 0.25) is 0 Å². The zero-order chi connectivity index (χ0) is 15.3. The standard InChI is InChI=1S/C12H17N3O5/c1-4-20-12(2,3)7-14-10-5-8(11(16)17)9(6-13-10)15(18)19/h5-6H,4,7H2,1-3H3,(H,13,14)(H,16,17). The smallest absolute Gasteiger partial charge is 0.342 e. The molecule has 8 nitrogen and oxygen atoms in total. The topological polar surface area (TPSA) is 115 Å². The van der Waals surface area contributed by atoms with E-state index in [4.69, 9.17) is 9.84 Å². The molecular formula is C12H17N3O5. The van der Waals surface area contributed by atoms with Crippen LogP contribution in [0.4, 0.5) is 11.5 Å². The second kappa shape index (κ2) is 6.29. The predicted molar refractivity (Wildman–Crippen MR) is 72.0 cm³/mol. The van der Waals surface area contributed by atoms with E-state index >= 15 is 0 Å². The van der Waals surface area contributed by atoms with Gasteiger partial charge in [0.1, 0.15) is 17.6 Å². The van der Waals surface area contributed by atoms with Crippen LogP contribution in [0.1, 0.15) is 31.1 Å². The van der Waals surface area contributed by atoms with Gasteiger partial charge in [0.25, 0.3) is 0 Å². The van der Waals surface area contributed by atoms with Crippen molar-refractivity contribution in [1.82, 2.24) is 4.98 Å². The number of hydrogen-bond donors (Lipinski definition) is 2. The first-order valence-electron chi connectivity index (χ1n) is 6.02. The van der Waals surface area contributed by atoms with Gasteiger partial charge in [-0.3, -0.25) is 10.1 Å². The SMILES string of the molecule is CCOC(C)(C)CNc1cc(C(=O)O)c([N+](=O)[O-])cn1. The van der Waals surface area contributed by atoms with Gasteiger partial charge in [-0.15, -0.1) is 0 Å². The lowest BCUT2D eigenvalue weighted by Gasteiger charge is -2.25. The fourth-order valence-electron chi connectivity index (χ4n) is 1.61. The van der Waals surface area contributed by atoms with Gasteiger partial charge >= 0.3 is 11.7 Å². The number of nitrogens with zero attached hydrogens (tertiary/aromatic N) is 2. The number of anilines is 1. The van der Waals surface area contributed by atoms with Crippen molar-refractivity contribution in [2.75, 3.05) is 18.5 Å². The number of carboxylic acids is 1. The Bertz CT molecular complexity index is 516. The Kier molecular flexibility index (Phi) is 4.98. The third kappa shape index (κ3) is 4.16. The maximum atomic E-state index is 11.0. The van der Waals surface area contributed by atoms with Crippen molar-refractivity contribution in [1.29, 1.82) is 0 Å².